The van der Waals surface area contributed by atoms with Gasteiger partial charge < -0.3 is 29.4 Å². The zero-order chi connectivity index (χ0) is 34.3. The molecule has 6 aliphatic rings. The summed E-state index contributed by atoms with van der Waals surface area (Å²) in [7, 11) is 0. The van der Waals surface area contributed by atoms with E-state index < -0.39 is 36.3 Å². The van der Waals surface area contributed by atoms with Gasteiger partial charge >= 0.3 is 0 Å². The van der Waals surface area contributed by atoms with Gasteiger partial charge in [-0.2, -0.15) is 0 Å². The van der Waals surface area contributed by atoms with Crippen molar-refractivity contribution in [3.05, 3.63) is 0 Å². The molecule has 0 aliphatic carbocycles. The van der Waals surface area contributed by atoms with Gasteiger partial charge in [0.25, 0.3) is 0 Å². The van der Waals surface area contributed by atoms with Crippen LogP contribution in [0.2, 0.25) is 0 Å². The lowest BCUT2D eigenvalue weighted by Gasteiger charge is -2.37. The van der Waals surface area contributed by atoms with Gasteiger partial charge in [-0.15, -0.1) is 0 Å². The summed E-state index contributed by atoms with van der Waals surface area (Å²) >= 11 is 0. The van der Waals surface area contributed by atoms with E-state index in [9.17, 15) is 33.6 Å². The Morgan fingerprint density at radius 3 is 0.896 bits per heavy atom. The molecule has 0 bridgehead atoms. The highest BCUT2D eigenvalue weighted by molar-refractivity contribution is 5.98. The van der Waals surface area contributed by atoms with E-state index in [0.29, 0.717) is 103 Å². The molecule has 0 spiro atoms. The molecule has 0 aromatic rings. The average molecular weight is 669 g/mol. The lowest BCUT2D eigenvalue weighted by atomic mass is 10.1. The molecule has 264 valence electrons. The maximum absolute atomic E-state index is 14.2. The molecule has 6 fully saturated rings. The molecule has 13 heteroatoms. The normalized spacial score (nSPS) is 30.7. The largest absolute Gasteiger partial charge is 0.331 e. The van der Waals surface area contributed by atoms with Crippen molar-refractivity contribution in [3.8, 4) is 0 Å². The van der Waals surface area contributed by atoms with Crippen molar-refractivity contribution in [2.24, 2.45) is 5.92 Å². The topological polar surface area (TPSA) is 139 Å². The minimum absolute atomic E-state index is 0.0354. The Bertz CT molecular complexity index is 1340. The lowest BCUT2D eigenvalue weighted by molar-refractivity contribution is -0.154. The van der Waals surface area contributed by atoms with Gasteiger partial charge in [-0.3, -0.25) is 33.6 Å². The molecule has 0 saturated carbocycles. The highest BCUT2D eigenvalue weighted by atomic mass is 16.2. The lowest BCUT2D eigenvalue weighted by Crippen LogP contribution is -2.58. The van der Waals surface area contributed by atoms with Crippen molar-refractivity contribution in [2.45, 2.75) is 134 Å². The number of hydrogen-bond acceptors (Lipinski definition) is 7. The summed E-state index contributed by atoms with van der Waals surface area (Å²) in [6.07, 6.45) is 7.49. The fourth-order valence-electron chi connectivity index (χ4n) is 9.18. The van der Waals surface area contributed by atoms with Crippen molar-refractivity contribution >= 4 is 41.2 Å². The van der Waals surface area contributed by atoms with Crippen molar-refractivity contribution in [2.75, 3.05) is 39.3 Å². The third-order valence-corrected chi connectivity index (χ3v) is 11.6. The molecule has 0 N–H and O–H groups in total. The average Bonchev–Trinajstić information content (AvgIpc) is 3.92. The third kappa shape index (κ3) is 6.21. The second-order valence-electron chi connectivity index (χ2n) is 14.9. The van der Waals surface area contributed by atoms with E-state index in [1.54, 1.807) is 29.4 Å². The van der Waals surface area contributed by atoms with E-state index in [-0.39, 0.29) is 47.1 Å². The highest BCUT2D eigenvalue weighted by Crippen LogP contribution is 2.32. The van der Waals surface area contributed by atoms with Crippen LogP contribution in [0.4, 0.5) is 0 Å². The summed E-state index contributed by atoms with van der Waals surface area (Å²) in [4.78, 5) is 105. The van der Waals surface area contributed by atoms with Gasteiger partial charge in [0, 0.05) is 45.2 Å². The number of likely N-dealkylation sites (tertiary alicyclic amines) is 6. The summed E-state index contributed by atoms with van der Waals surface area (Å²) in [5, 5.41) is 0. The Morgan fingerprint density at radius 2 is 0.625 bits per heavy atom. The van der Waals surface area contributed by atoms with Crippen LogP contribution in [0, 0.1) is 5.92 Å². The molecule has 6 heterocycles. The van der Waals surface area contributed by atoms with Gasteiger partial charge in [0.15, 0.2) is 5.78 Å². The van der Waals surface area contributed by atoms with E-state index >= 15 is 0 Å². The number of ketones is 1. The van der Waals surface area contributed by atoms with Crippen molar-refractivity contribution < 1.29 is 33.6 Å². The van der Waals surface area contributed by atoms with Gasteiger partial charge in [0.05, 0.1) is 6.04 Å². The van der Waals surface area contributed by atoms with Crippen LogP contribution in [-0.4, -0.2) is 146 Å². The highest BCUT2D eigenvalue weighted by Gasteiger charge is 2.49. The van der Waals surface area contributed by atoms with Gasteiger partial charge in [-0.05, 0) is 84.0 Å². The summed E-state index contributed by atoms with van der Waals surface area (Å²) in [5.74, 6) is -1.34. The SMILES string of the molecule is CC(=O)[C@@H]1CCCN1C(=O)C1CCCN1C(=O)[C@@H]1CCCN1C(=O)C1CCCN1C(=O)[C@@H]1CCCN1C(=O)C1CCCN1C(=O)C(C)C. The minimum atomic E-state index is -0.703. The Labute approximate surface area is 283 Å². The molecule has 3 unspecified atom stereocenters. The maximum Gasteiger partial charge on any atom is 0.246 e. The fourth-order valence-corrected chi connectivity index (χ4v) is 9.18. The molecule has 0 aromatic carbocycles. The second kappa shape index (κ2) is 14.2. The molecule has 6 aliphatic heterocycles. The molecule has 6 amide bonds. The van der Waals surface area contributed by atoms with E-state index in [0.717, 1.165) is 12.8 Å². The van der Waals surface area contributed by atoms with E-state index in [4.69, 9.17) is 0 Å². The standard InChI is InChI=1S/C35H52N6O7/c1-22(2)30(43)37-17-5-11-25(37)32(45)39-19-7-13-27(39)34(47)41-21-9-15-29(41)35(48)40-20-8-14-28(40)33(46)38-18-6-12-26(38)31(44)36-16-4-10-24(36)23(3)42/h22,24-29H,4-21H2,1-3H3/t24-,25?,26?,27-,28-,29?/m0/s1. The zero-order valence-corrected chi connectivity index (χ0v) is 28.8. The number of hydrogen-bond donors (Lipinski definition) is 0. The van der Waals surface area contributed by atoms with Crippen LogP contribution in [-0.2, 0) is 33.6 Å². The molecule has 0 aromatic heterocycles. The van der Waals surface area contributed by atoms with E-state index in [1.807, 2.05) is 13.8 Å². The molecule has 6 saturated heterocycles. The smallest absolute Gasteiger partial charge is 0.246 e. The van der Waals surface area contributed by atoms with Gasteiger partial charge in [0.2, 0.25) is 35.4 Å². The maximum atomic E-state index is 14.2. The number of carbonyl (C=O) groups excluding carboxylic acids is 7. The predicted octanol–water partition coefficient (Wildman–Crippen LogP) is 1.18. The van der Waals surface area contributed by atoms with Gasteiger partial charge in [-0.1, -0.05) is 13.8 Å². The molecule has 48 heavy (non-hydrogen) atoms. The van der Waals surface area contributed by atoms with Crippen LogP contribution < -0.4 is 0 Å². The second-order valence-corrected chi connectivity index (χ2v) is 14.9. The van der Waals surface area contributed by atoms with Crippen LogP contribution in [0.15, 0.2) is 0 Å². The molecule has 6 atom stereocenters. The quantitative estimate of drug-likeness (QED) is 0.397. The first kappa shape index (κ1) is 34.4. The van der Waals surface area contributed by atoms with Crippen LogP contribution in [0.25, 0.3) is 0 Å². The molecule has 13 nitrogen and oxygen atoms in total. The number of amides is 6. The van der Waals surface area contributed by atoms with Crippen LogP contribution in [0.1, 0.15) is 97.8 Å². The first-order valence-corrected chi connectivity index (χ1v) is 18.3. The van der Waals surface area contributed by atoms with Gasteiger partial charge in [0.1, 0.15) is 30.2 Å². The van der Waals surface area contributed by atoms with Crippen molar-refractivity contribution in [1.29, 1.82) is 0 Å². The van der Waals surface area contributed by atoms with Crippen LogP contribution in [0.5, 0.6) is 0 Å². The fraction of sp³-hybridized carbons (Fsp3) is 0.800. The first-order valence-electron chi connectivity index (χ1n) is 18.3. The monoisotopic (exact) mass is 668 g/mol. The van der Waals surface area contributed by atoms with Crippen molar-refractivity contribution in [1.82, 2.24) is 29.4 Å². The first-order chi connectivity index (χ1) is 23.0. The molecular weight excluding hydrogens is 616 g/mol. The van der Waals surface area contributed by atoms with Crippen LogP contribution in [0.3, 0.4) is 0 Å². The predicted molar refractivity (Wildman–Crippen MR) is 174 cm³/mol. The van der Waals surface area contributed by atoms with Gasteiger partial charge in [-0.25, -0.2) is 0 Å². The van der Waals surface area contributed by atoms with E-state index in [1.165, 1.54) is 6.92 Å². The Kier molecular flexibility index (Phi) is 10.1. The van der Waals surface area contributed by atoms with E-state index in [2.05, 4.69) is 0 Å². The Balaban J connectivity index is 1.13. The Hall–Kier alpha value is -3.51. The molecular formula is C35H52N6O7. The number of rotatable bonds is 7. The van der Waals surface area contributed by atoms with Crippen molar-refractivity contribution in [3.63, 3.8) is 0 Å². The summed E-state index contributed by atoms with van der Waals surface area (Å²) in [5.41, 5.74) is 0. The summed E-state index contributed by atoms with van der Waals surface area (Å²) in [6.45, 7) is 7.94. The zero-order valence-electron chi connectivity index (χ0n) is 28.8. The molecule has 6 rings (SSSR count). The van der Waals surface area contributed by atoms with Crippen LogP contribution >= 0.6 is 0 Å². The third-order valence-electron chi connectivity index (χ3n) is 11.6. The minimum Gasteiger partial charge on any atom is -0.331 e. The number of Topliss-reactive ketones (excluding diaryl/α,β-unsaturated/α-hetero) is 1. The summed E-state index contributed by atoms with van der Waals surface area (Å²) < 4.78 is 0. The summed E-state index contributed by atoms with van der Waals surface area (Å²) in [6, 6.07) is -3.68. The molecule has 0 radical (unpaired) electrons. The Morgan fingerprint density at radius 1 is 0.396 bits per heavy atom. The number of carbonyl (C=O) groups is 7. The number of nitrogens with zero attached hydrogens (tertiary/aromatic N) is 6.